The zero-order chi connectivity index (χ0) is 18.9. The molecule has 1 aromatic rings. The molecule has 8 heteroatoms. The second-order valence-corrected chi connectivity index (χ2v) is 9.31. The van der Waals surface area contributed by atoms with Gasteiger partial charge in [-0.3, -0.25) is 9.59 Å². The molecule has 2 fully saturated rings. The van der Waals surface area contributed by atoms with Gasteiger partial charge in [-0.2, -0.15) is 0 Å². The van der Waals surface area contributed by atoms with Crippen LogP contribution in [0.4, 0.5) is 0 Å². The topological polar surface area (TPSA) is 75.6 Å². The normalized spacial score (nSPS) is 32.4. The molecule has 26 heavy (non-hydrogen) atoms. The first-order chi connectivity index (χ1) is 12.1. The molecule has 0 radical (unpaired) electrons. The number of carbonyl (C=O) groups excluding carboxylic acids is 2. The first-order valence-electron chi connectivity index (χ1n) is 8.85. The van der Waals surface area contributed by atoms with E-state index in [1.54, 1.807) is 11.9 Å². The maximum Gasteiger partial charge on any atom is 0.230 e. The minimum Gasteiger partial charge on any atom is -0.360 e. The molecule has 0 saturated carbocycles. The Balaban J connectivity index is 1.59. The van der Waals surface area contributed by atoms with Gasteiger partial charge in [-0.25, -0.2) is 0 Å². The largest absolute Gasteiger partial charge is 0.360 e. The molecule has 4 rings (SSSR count). The Morgan fingerprint density at radius 1 is 1.50 bits per heavy atom. The molecule has 3 aliphatic rings. The van der Waals surface area contributed by atoms with Gasteiger partial charge in [0.15, 0.2) is 0 Å². The van der Waals surface area contributed by atoms with Crippen LogP contribution in [0.3, 0.4) is 0 Å². The summed E-state index contributed by atoms with van der Waals surface area (Å²) >= 11 is 1.30. The van der Waals surface area contributed by atoms with Gasteiger partial charge in [0.05, 0.1) is 41.6 Å². The zero-order valence-corrected chi connectivity index (χ0v) is 16.5. The maximum absolute atomic E-state index is 13.2. The lowest BCUT2D eigenvalue weighted by Crippen LogP contribution is -2.47. The predicted octanol–water partition coefficient (Wildman–Crippen LogP) is 1.39. The first-order valence-corrected chi connectivity index (χ1v) is 9.63. The Labute approximate surface area is 157 Å². The highest BCUT2D eigenvalue weighted by atomic mass is 32.1. The highest BCUT2D eigenvalue weighted by molar-refractivity contribution is 7.05. The predicted molar refractivity (Wildman–Crippen MR) is 96.3 cm³/mol. The van der Waals surface area contributed by atoms with E-state index in [1.807, 2.05) is 44.7 Å². The van der Waals surface area contributed by atoms with Crippen LogP contribution in [0.1, 0.15) is 31.3 Å². The van der Waals surface area contributed by atoms with E-state index in [4.69, 9.17) is 4.74 Å². The fraction of sp³-hybridized carbons (Fsp3) is 0.667. The average molecular weight is 376 g/mol. The second-order valence-electron chi connectivity index (χ2n) is 8.47. The molecule has 0 aliphatic carbocycles. The van der Waals surface area contributed by atoms with E-state index >= 15 is 0 Å². The van der Waals surface area contributed by atoms with Crippen LogP contribution in [0.2, 0.25) is 0 Å². The number of aryl methyl sites for hydroxylation is 1. The van der Waals surface area contributed by atoms with Gasteiger partial charge < -0.3 is 14.5 Å². The third kappa shape index (κ3) is 2.42. The van der Waals surface area contributed by atoms with Gasteiger partial charge in [0.25, 0.3) is 0 Å². The monoisotopic (exact) mass is 376 g/mol. The Bertz CT molecular complexity index is 799. The summed E-state index contributed by atoms with van der Waals surface area (Å²) in [5.74, 6) is -0.937. The highest BCUT2D eigenvalue weighted by Crippen LogP contribution is 2.53. The number of fused-ring (bicyclic) bond motifs is 1. The maximum atomic E-state index is 13.2. The van der Waals surface area contributed by atoms with Crippen LogP contribution >= 0.6 is 11.5 Å². The molecule has 7 nitrogen and oxygen atoms in total. The number of ether oxygens (including phenoxy) is 1. The van der Waals surface area contributed by atoms with Crippen LogP contribution in [-0.4, -0.2) is 62.0 Å². The smallest absolute Gasteiger partial charge is 0.230 e. The Hall–Kier alpha value is -1.80. The molecule has 0 aromatic carbocycles. The highest BCUT2D eigenvalue weighted by Gasteiger charge is 2.68. The number of carbonyl (C=O) groups is 2. The van der Waals surface area contributed by atoms with Gasteiger partial charge in [-0.05, 0) is 39.2 Å². The lowest BCUT2D eigenvalue weighted by Gasteiger charge is -2.34. The molecule has 2 bridgehead atoms. The minimum absolute atomic E-state index is 0.0201. The third-order valence-corrected chi connectivity index (χ3v) is 6.51. The van der Waals surface area contributed by atoms with E-state index in [-0.39, 0.29) is 23.5 Å². The molecule has 1 aromatic heterocycles. The second kappa shape index (κ2) is 5.60. The summed E-state index contributed by atoms with van der Waals surface area (Å²) in [6, 6.07) is 0. The van der Waals surface area contributed by atoms with E-state index in [9.17, 15) is 9.59 Å². The standard InChI is InChI=1S/C18H24N4O3S/c1-10-12(26-20-19-10)8-21(5)15(23)13-11-6-7-18(25-11)9-22(17(2,3)4)16(24)14(13)18/h6-7,11,13-14H,8-9H2,1-5H3/t11-,13-,14+,18-/m0/s1. The van der Waals surface area contributed by atoms with Crippen LogP contribution in [0, 0.1) is 18.8 Å². The summed E-state index contributed by atoms with van der Waals surface area (Å²) in [5, 5.41) is 4.00. The van der Waals surface area contributed by atoms with Crippen LogP contribution < -0.4 is 0 Å². The average Bonchev–Trinajstić information content (AvgIpc) is 3.28. The van der Waals surface area contributed by atoms with Crippen LogP contribution in [-0.2, 0) is 20.9 Å². The first kappa shape index (κ1) is 17.6. The number of hydrogen-bond donors (Lipinski definition) is 0. The molecular weight excluding hydrogens is 352 g/mol. The van der Waals surface area contributed by atoms with Gasteiger partial charge in [-0.1, -0.05) is 16.6 Å². The summed E-state index contributed by atoms with van der Waals surface area (Å²) in [6.45, 7) is 8.89. The van der Waals surface area contributed by atoms with Crippen molar-refractivity contribution >= 4 is 23.3 Å². The molecule has 2 saturated heterocycles. The van der Waals surface area contributed by atoms with Crippen molar-refractivity contribution in [1.29, 1.82) is 0 Å². The van der Waals surface area contributed by atoms with Gasteiger partial charge in [-0.15, -0.1) is 5.10 Å². The number of likely N-dealkylation sites (tertiary alicyclic amines) is 1. The van der Waals surface area contributed by atoms with Crippen molar-refractivity contribution in [2.45, 2.75) is 51.5 Å². The zero-order valence-electron chi connectivity index (χ0n) is 15.7. The summed E-state index contributed by atoms with van der Waals surface area (Å²) in [4.78, 5) is 30.9. The van der Waals surface area contributed by atoms with Crippen molar-refractivity contribution < 1.29 is 14.3 Å². The van der Waals surface area contributed by atoms with Crippen molar-refractivity contribution in [3.8, 4) is 0 Å². The molecule has 140 valence electrons. The SMILES string of the molecule is Cc1nnsc1CN(C)C(=O)[C@H]1[C@@H]2C=C[C@@]3(CN(C(C)(C)C)C(=O)[C@@H]13)O2. The number of amides is 2. The van der Waals surface area contributed by atoms with Gasteiger partial charge in [0.1, 0.15) is 5.60 Å². The van der Waals surface area contributed by atoms with Gasteiger partial charge in [0.2, 0.25) is 11.8 Å². The van der Waals surface area contributed by atoms with Crippen LogP contribution in [0.25, 0.3) is 0 Å². The van der Waals surface area contributed by atoms with E-state index < -0.39 is 17.4 Å². The number of hydrogen-bond acceptors (Lipinski definition) is 6. The number of nitrogens with zero attached hydrogens (tertiary/aromatic N) is 4. The molecule has 2 amide bonds. The molecule has 0 N–H and O–H groups in total. The lowest BCUT2D eigenvalue weighted by molar-refractivity contribution is -0.144. The third-order valence-electron chi connectivity index (χ3n) is 5.70. The quantitative estimate of drug-likeness (QED) is 0.745. The van der Waals surface area contributed by atoms with Crippen molar-refractivity contribution in [3.63, 3.8) is 0 Å². The van der Waals surface area contributed by atoms with Crippen molar-refractivity contribution in [3.05, 3.63) is 22.7 Å². The van der Waals surface area contributed by atoms with E-state index in [1.165, 1.54) is 11.5 Å². The lowest BCUT2D eigenvalue weighted by atomic mass is 9.76. The number of rotatable bonds is 3. The Morgan fingerprint density at radius 2 is 2.23 bits per heavy atom. The van der Waals surface area contributed by atoms with Crippen molar-refractivity contribution in [2.75, 3.05) is 13.6 Å². The van der Waals surface area contributed by atoms with E-state index in [0.29, 0.717) is 13.1 Å². The van der Waals surface area contributed by atoms with Crippen molar-refractivity contribution in [2.24, 2.45) is 11.8 Å². The van der Waals surface area contributed by atoms with Gasteiger partial charge in [0, 0.05) is 12.6 Å². The molecule has 3 aliphatic heterocycles. The van der Waals surface area contributed by atoms with E-state index in [0.717, 1.165) is 10.6 Å². The molecule has 0 unspecified atom stereocenters. The molecule has 4 heterocycles. The summed E-state index contributed by atoms with van der Waals surface area (Å²) in [7, 11) is 1.77. The molecule has 4 atom stereocenters. The molecular formula is C18H24N4O3S. The Morgan fingerprint density at radius 3 is 2.85 bits per heavy atom. The minimum atomic E-state index is -0.655. The van der Waals surface area contributed by atoms with Crippen molar-refractivity contribution in [1.82, 2.24) is 19.4 Å². The fourth-order valence-electron chi connectivity index (χ4n) is 4.29. The summed E-state index contributed by atoms with van der Waals surface area (Å²) in [5.41, 5.74) is -0.111. The van der Waals surface area contributed by atoms with E-state index in [2.05, 4.69) is 9.59 Å². The number of aromatic nitrogens is 2. The fourth-order valence-corrected chi connectivity index (χ4v) is 4.98. The van der Waals surface area contributed by atoms with Crippen LogP contribution in [0.15, 0.2) is 12.2 Å². The van der Waals surface area contributed by atoms with Gasteiger partial charge >= 0.3 is 0 Å². The van der Waals surface area contributed by atoms with Crippen LogP contribution in [0.5, 0.6) is 0 Å². The summed E-state index contributed by atoms with van der Waals surface area (Å²) < 4.78 is 10.1. The Kier molecular flexibility index (Phi) is 3.79. The summed E-state index contributed by atoms with van der Waals surface area (Å²) in [6.07, 6.45) is 3.63. The molecule has 1 spiro atoms.